The molecule has 0 bridgehead atoms. The Labute approximate surface area is 115 Å². The summed E-state index contributed by atoms with van der Waals surface area (Å²) < 4.78 is 40.0. The Morgan fingerprint density at radius 3 is 2.40 bits per heavy atom. The lowest BCUT2D eigenvalue weighted by molar-refractivity contribution is 0.518. The summed E-state index contributed by atoms with van der Waals surface area (Å²) >= 11 is 0. The largest absolute Gasteiger partial charge is 0.271 e. The van der Waals surface area contributed by atoms with Crippen molar-refractivity contribution in [1.82, 2.24) is 5.43 Å². The molecule has 0 aliphatic carbocycles. The molecule has 106 valence electrons. The van der Waals surface area contributed by atoms with Gasteiger partial charge in [-0.05, 0) is 42.2 Å². The Morgan fingerprint density at radius 1 is 1.05 bits per heavy atom. The molecule has 1 atom stereocenters. The van der Waals surface area contributed by atoms with E-state index >= 15 is 0 Å². The van der Waals surface area contributed by atoms with Gasteiger partial charge in [0.05, 0.1) is 6.04 Å². The van der Waals surface area contributed by atoms with E-state index in [1.807, 2.05) is 0 Å². The summed E-state index contributed by atoms with van der Waals surface area (Å²) in [6.07, 6.45) is 0.200. The summed E-state index contributed by atoms with van der Waals surface area (Å²) in [5.41, 5.74) is 3.98. The second kappa shape index (κ2) is 6.07. The van der Waals surface area contributed by atoms with Crippen molar-refractivity contribution in [1.29, 1.82) is 0 Å². The molecule has 2 aromatic carbocycles. The average Bonchev–Trinajstić information content (AvgIpc) is 2.41. The molecule has 3 N–H and O–H groups in total. The number of aryl methyl sites for hydroxylation is 1. The normalized spacial score (nSPS) is 12.4. The van der Waals surface area contributed by atoms with Gasteiger partial charge < -0.3 is 0 Å². The van der Waals surface area contributed by atoms with Crippen molar-refractivity contribution in [3.63, 3.8) is 0 Å². The van der Waals surface area contributed by atoms with Gasteiger partial charge >= 0.3 is 0 Å². The third-order valence-electron chi connectivity index (χ3n) is 3.24. The fraction of sp³-hybridized carbons (Fsp3) is 0.200. The second-order valence-electron chi connectivity index (χ2n) is 4.67. The summed E-state index contributed by atoms with van der Waals surface area (Å²) in [5.74, 6) is 3.83. The van der Waals surface area contributed by atoms with Gasteiger partial charge in [-0.1, -0.05) is 18.2 Å². The van der Waals surface area contributed by atoms with Gasteiger partial charge in [0.15, 0.2) is 0 Å². The van der Waals surface area contributed by atoms with Gasteiger partial charge in [0.25, 0.3) is 0 Å². The van der Waals surface area contributed by atoms with Crippen LogP contribution in [-0.2, 0) is 6.42 Å². The molecule has 2 rings (SSSR count). The highest BCUT2D eigenvalue weighted by Crippen LogP contribution is 2.22. The van der Waals surface area contributed by atoms with E-state index in [9.17, 15) is 13.2 Å². The number of nitrogens with two attached hydrogens (primary N) is 1. The van der Waals surface area contributed by atoms with Crippen LogP contribution < -0.4 is 11.3 Å². The molecule has 2 nitrogen and oxygen atoms in total. The maximum absolute atomic E-state index is 13.6. The molecule has 0 heterocycles. The molecule has 0 aliphatic heterocycles. The lowest BCUT2D eigenvalue weighted by Gasteiger charge is -2.17. The molecule has 0 radical (unpaired) electrons. The van der Waals surface area contributed by atoms with Crippen molar-refractivity contribution in [2.75, 3.05) is 0 Å². The first kappa shape index (κ1) is 14.6. The number of rotatable bonds is 4. The molecule has 0 aromatic heterocycles. The molecule has 0 spiro atoms. The zero-order chi connectivity index (χ0) is 14.7. The zero-order valence-corrected chi connectivity index (χ0v) is 11.0. The molecule has 1 unspecified atom stereocenters. The molecule has 0 fully saturated rings. The smallest absolute Gasteiger partial charge is 0.129 e. The summed E-state index contributed by atoms with van der Waals surface area (Å²) in [7, 11) is 0. The van der Waals surface area contributed by atoms with Gasteiger partial charge in [0, 0.05) is 6.07 Å². The van der Waals surface area contributed by atoms with Gasteiger partial charge in [-0.25, -0.2) is 13.2 Å². The van der Waals surface area contributed by atoms with E-state index in [2.05, 4.69) is 5.43 Å². The van der Waals surface area contributed by atoms with Crippen molar-refractivity contribution in [2.24, 2.45) is 5.84 Å². The second-order valence-corrected chi connectivity index (χ2v) is 4.67. The van der Waals surface area contributed by atoms with Crippen LogP contribution in [0.1, 0.15) is 22.7 Å². The molecule has 0 saturated heterocycles. The van der Waals surface area contributed by atoms with Crippen molar-refractivity contribution in [3.8, 4) is 0 Å². The SMILES string of the molecule is Cc1ccc(C(Cc2ccc(F)cc2F)NN)cc1F. The highest BCUT2D eigenvalue weighted by atomic mass is 19.1. The van der Waals surface area contributed by atoms with E-state index in [4.69, 9.17) is 5.84 Å². The van der Waals surface area contributed by atoms with Crippen LogP contribution in [0.15, 0.2) is 36.4 Å². The Kier molecular flexibility index (Phi) is 4.42. The Bertz CT molecular complexity index is 614. The molecule has 20 heavy (non-hydrogen) atoms. The van der Waals surface area contributed by atoms with Crippen LogP contribution in [0.5, 0.6) is 0 Å². The minimum absolute atomic E-state index is 0.200. The summed E-state index contributed by atoms with van der Waals surface area (Å²) in [6.45, 7) is 1.66. The van der Waals surface area contributed by atoms with E-state index in [0.717, 1.165) is 6.07 Å². The van der Waals surface area contributed by atoms with Crippen LogP contribution >= 0.6 is 0 Å². The number of hydrogen-bond donors (Lipinski definition) is 2. The topological polar surface area (TPSA) is 38.0 Å². The van der Waals surface area contributed by atoms with Crippen LogP contribution in [-0.4, -0.2) is 0 Å². The summed E-state index contributed by atoms with van der Waals surface area (Å²) in [5, 5.41) is 0. The van der Waals surface area contributed by atoms with E-state index in [1.165, 1.54) is 18.2 Å². The van der Waals surface area contributed by atoms with E-state index < -0.39 is 17.7 Å². The van der Waals surface area contributed by atoms with Gasteiger partial charge in [-0.2, -0.15) is 0 Å². The average molecular weight is 280 g/mol. The third kappa shape index (κ3) is 3.18. The fourth-order valence-corrected chi connectivity index (χ4v) is 2.01. The lowest BCUT2D eigenvalue weighted by Crippen LogP contribution is -2.30. The van der Waals surface area contributed by atoms with E-state index in [-0.39, 0.29) is 12.2 Å². The van der Waals surface area contributed by atoms with E-state index in [0.29, 0.717) is 16.7 Å². The number of halogens is 3. The minimum Gasteiger partial charge on any atom is -0.271 e. The van der Waals surface area contributed by atoms with Crippen molar-refractivity contribution in [3.05, 3.63) is 70.5 Å². The monoisotopic (exact) mass is 280 g/mol. The van der Waals surface area contributed by atoms with Crippen LogP contribution in [0.3, 0.4) is 0 Å². The first-order valence-electron chi connectivity index (χ1n) is 6.17. The Balaban J connectivity index is 2.26. The quantitative estimate of drug-likeness (QED) is 0.667. The predicted octanol–water partition coefficient (Wildman–Crippen LogP) is 3.16. The van der Waals surface area contributed by atoms with Crippen LogP contribution in [0.25, 0.3) is 0 Å². The molecular formula is C15H15F3N2. The fourth-order valence-electron chi connectivity index (χ4n) is 2.01. The molecule has 0 aliphatic rings. The molecule has 2 aromatic rings. The van der Waals surface area contributed by atoms with Gasteiger partial charge in [0.1, 0.15) is 17.5 Å². The first-order valence-corrected chi connectivity index (χ1v) is 6.17. The maximum Gasteiger partial charge on any atom is 0.129 e. The highest BCUT2D eigenvalue weighted by Gasteiger charge is 2.15. The number of hydrazine groups is 1. The number of benzene rings is 2. The standard InChI is InChI=1S/C15H15F3N2/c1-9-2-3-11(6-13(9)17)15(20-19)7-10-4-5-12(16)8-14(10)18/h2-6,8,15,20H,7,19H2,1H3. The molecular weight excluding hydrogens is 265 g/mol. The lowest BCUT2D eigenvalue weighted by atomic mass is 9.98. The number of hydrogen-bond acceptors (Lipinski definition) is 2. The minimum atomic E-state index is -0.641. The maximum atomic E-state index is 13.6. The van der Waals surface area contributed by atoms with E-state index in [1.54, 1.807) is 19.1 Å². The summed E-state index contributed by atoms with van der Waals surface area (Å²) in [6, 6.07) is 7.63. The van der Waals surface area contributed by atoms with Gasteiger partial charge in [0.2, 0.25) is 0 Å². The van der Waals surface area contributed by atoms with Crippen LogP contribution in [0.2, 0.25) is 0 Å². The molecule has 0 saturated carbocycles. The number of nitrogens with one attached hydrogen (secondary N) is 1. The Morgan fingerprint density at radius 2 is 1.80 bits per heavy atom. The zero-order valence-electron chi connectivity index (χ0n) is 11.0. The molecule has 0 amide bonds. The van der Waals surface area contributed by atoms with Crippen LogP contribution in [0, 0.1) is 24.4 Å². The third-order valence-corrected chi connectivity index (χ3v) is 3.24. The Hall–Kier alpha value is -1.85. The highest BCUT2D eigenvalue weighted by molar-refractivity contribution is 5.28. The van der Waals surface area contributed by atoms with Crippen LogP contribution in [0.4, 0.5) is 13.2 Å². The van der Waals surface area contributed by atoms with Gasteiger partial charge in [-0.3, -0.25) is 11.3 Å². The van der Waals surface area contributed by atoms with Crippen molar-refractivity contribution < 1.29 is 13.2 Å². The predicted molar refractivity (Wildman–Crippen MR) is 71.3 cm³/mol. The van der Waals surface area contributed by atoms with Gasteiger partial charge in [-0.15, -0.1) is 0 Å². The first-order chi connectivity index (χ1) is 9.51. The summed E-state index contributed by atoms with van der Waals surface area (Å²) in [4.78, 5) is 0. The van der Waals surface area contributed by atoms with Crippen molar-refractivity contribution >= 4 is 0 Å². The van der Waals surface area contributed by atoms with Crippen molar-refractivity contribution in [2.45, 2.75) is 19.4 Å². The molecule has 5 heteroatoms.